The molecule has 0 atom stereocenters. The van der Waals surface area contributed by atoms with Crippen LogP contribution in [0.2, 0.25) is 0 Å². The largest absolute Gasteiger partial charge is 0.379 e. The van der Waals surface area contributed by atoms with Crippen LogP contribution in [0, 0.1) is 0 Å². The van der Waals surface area contributed by atoms with Gasteiger partial charge in [-0.25, -0.2) is 18.4 Å². The minimum atomic E-state index is -3.63. The van der Waals surface area contributed by atoms with Crippen LogP contribution in [0.4, 0.5) is 0 Å². The van der Waals surface area contributed by atoms with Gasteiger partial charge in [-0.2, -0.15) is 4.31 Å². The molecule has 0 unspecified atom stereocenters. The number of morpholine rings is 1. The molecule has 1 aromatic heterocycles. The molecule has 1 fully saturated rings. The van der Waals surface area contributed by atoms with Crippen molar-refractivity contribution in [2.24, 2.45) is 0 Å². The predicted octanol–water partition coefficient (Wildman–Crippen LogP) is 0.427. The molecule has 0 bridgehead atoms. The topological polar surface area (TPSA) is 101 Å². The van der Waals surface area contributed by atoms with Crippen LogP contribution < -0.4 is 5.32 Å². The number of rotatable bonds is 5. The average Bonchev–Trinajstić information content (AvgIpc) is 2.67. The van der Waals surface area contributed by atoms with Crippen molar-refractivity contribution in [3.63, 3.8) is 0 Å². The zero-order chi connectivity index (χ0) is 17.7. The van der Waals surface area contributed by atoms with Crippen LogP contribution in [0.1, 0.15) is 16.1 Å². The summed E-state index contributed by atoms with van der Waals surface area (Å²) in [5.74, 6) is -0.363. The van der Waals surface area contributed by atoms with Crippen molar-refractivity contribution in [3.8, 4) is 0 Å². The highest BCUT2D eigenvalue weighted by molar-refractivity contribution is 7.89. The number of hydrogen-bond donors (Lipinski definition) is 1. The number of amides is 1. The highest BCUT2D eigenvalue weighted by Gasteiger charge is 2.26. The molecule has 2 heterocycles. The molecule has 2 aromatic rings. The Morgan fingerprint density at radius 3 is 2.76 bits per heavy atom. The van der Waals surface area contributed by atoms with Gasteiger partial charge in [0, 0.05) is 24.8 Å². The van der Waals surface area contributed by atoms with Gasteiger partial charge >= 0.3 is 0 Å². The summed E-state index contributed by atoms with van der Waals surface area (Å²) in [6.07, 6.45) is 2.99. The molecular formula is C16H18N4O4S. The number of sulfonamides is 1. The third-order valence-corrected chi connectivity index (χ3v) is 5.67. The summed E-state index contributed by atoms with van der Waals surface area (Å²) in [7, 11) is -3.63. The number of ether oxygens (including phenoxy) is 1. The van der Waals surface area contributed by atoms with Crippen LogP contribution in [0.5, 0.6) is 0 Å². The summed E-state index contributed by atoms with van der Waals surface area (Å²) in [5, 5.41) is 2.72. The second kappa shape index (κ2) is 7.68. The van der Waals surface area contributed by atoms with Crippen LogP contribution in [0.3, 0.4) is 0 Å². The van der Waals surface area contributed by atoms with E-state index in [4.69, 9.17) is 4.74 Å². The molecule has 1 saturated heterocycles. The van der Waals surface area contributed by atoms with Gasteiger partial charge in [0.1, 0.15) is 6.33 Å². The highest BCUT2D eigenvalue weighted by atomic mass is 32.2. The fraction of sp³-hybridized carbons (Fsp3) is 0.312. The third kappa shape index (κ3) is 4.19. The Kier molecular flexibility index (Phi) is 5.37. The average molecular weight is 362 g/mol. The molecule has 1 aliphatic rings. The van der Waals surface area contributed by atoms with E-state index >= 15 is 0 Å². The number of hydrogen-bond acceptors (Lipinski definition) is 6. The number of aromatic nitrogens is 2. The smallest absolute Gasteiger partial charge is 0.251 e. The maximum absolute atomic E-state index is 12.7. The standard InChI is InChI=1S/C16H18N4O4S/c21-16(18-11-14-4-5-17-12-19-14)13-2-1-3-15(10-13)25(22,23)20-6-8-24-9-7-20/h1-5,10,12H,6-9,11H2,(H,18,21). The van der Waals surface area contributed by atoms with E-state index in [-0.39, 0.29) is 22.9 Å². The molecule has 25 heavy (non-hydrogen) atoms. The number of benzene rings is 1. The molecule has 0 radical (unpaired) electrons. The quantitative estimate of drug-likeness (QED) is 0.828. The van der Waals surface area contributed by atoms with Gasteiger partial charge in [0.2, 0.25) is 10.0 Å². The molecule has 1 aliphatic heterocycles. The van der Waals surface area contributed by atoms with Crippen molar-refractivity contribution in [2.45, 2.75) is 11.4 Å². The van der Waals surface area contributed by atoms with E-state index in [0.29, 0.717) is 32.0 Å². The third-order valence-electron chi connectivity index (χ3n) is 3.78. The Bertz CT molecular complexity index is 836. The Hall–Kier alpha value is -2.36. The second-order valence-electron chi connectivity index (χ2n) is 5.43. The zero-order valence-corrected chi connectivity index (χ0v) is 14.3. The molecule has 0 spiro atoms. The minimum Gasteiger partial charge on any atom is -0.379 e. The first kappa shape index (κ1) is 17.5. The van der Waals surface area contributed by atoms with Gasteiger partial charge in [-0.15, -0.1) is 0 Å². The number of carbonyl (C=O) groups is 1. The van der Waals surface area contributed by atoms with Crippen molar-refractivity contribution in [2.75, 3.05) is 26.3 Å². The summed E-state index contributed by atoms with van der Waals surface area (Å²) in [4.78, 5) is 20.2. The van der Waals surface area contributed by atoms with Gasteiger partial charge in [-0.3, -0.25) is 4.79 Å². The van der Waals surface area contributed by atoms with Crippen molar-refractivity contribution >= 4 is 15.9 Å². The predicted molar refractivity (Wildman–Crippen MR) is 89.2 cm³/mol. The molecule has 9 heteroatoms. The number of carbonyl (C=O) groups excluding carboxylic acids is 1. The van der Waals surface area contributed by atoms with Crippen molar-refractivity contribution in [1.82, 2.24) is 19.6 Å². The second-order valence-corrected chi connectivity index (χ2v) is 7.37. The normalized spacial score (nSPS) is 15.7. The fourth-order valence-corrected chi connectivity index (χ4v) is 3.88. The number of nitrogens with zero attached hydrogens (tertiary/aromatic N) is 3. The van der Waals surface area contributed by atoms with Crippen molar-refractivity contribution < 1.29 is 17.9 Å². The lowest BCUT2D eigenvalue weighted by Gasteiger charge is -2.26. The summed E-state index contributed by atoms with van der Waals surface area (Å²) in [6, 6.07) is 7.71. The summed E-state index contributed by atoms with van der Waals surface area (Å²) in [6.45, 7) is 1.61. The highest BCUT2D eigenvalue weighted by Crippen LogP contribution is 2.18. The van der Waals surface area contributed by atoms with Gasteiger partial charge in [0.25, 0.3) is 5.91 Å². The van der Waals surface area contributed by atoms with E-state index < -0.39 is 10.0 Å². The molecule has 1 amide bonds. The van der Waals surface area contributed by atoms with Crippen LogP contribution in [0.15, 0.2) is 47.8 Å². The molecule has 0 saturated carbocycles. The summed E-state index contributed by atoms with van der Waals surface area (Å²) < 4.78 is 31.9. The fourth-order valence-electron chi connectivity index (χ4n) is 2.43. The minimum absolute atomic E-state index is 0.101. The summed E-state index contributed by atoms with van der Waals surface area (Å²) >= 11 is 0. The number of nitrogens with one attached hydrogen (secondary N) is 1. The first-order chi connectivity index (χ1) is 12.1. The lowest BCUT2D eigenvalue weighted by molar-refractivity contribution is 0.0730. The van der Waals surface area contributed by atoms with E-state index in [9.17, 15) is 13.2 Å². The van der Waals surface area contributed by atoms with Gasteiger partial charge in [0.05, 0.1) is 30.3 Å². The van der Waals surface area contributed by atoms with E-state index in [1.165, 1.54) is 22.8 Å². The Morgan fingerprint density at radius 1 is 1.24 bits per heavy atom. The Labute approximate surface area is 145 Å². The lowest BCUT2D eigenvalue weighted by atomic mass is 10.2. The molecular weight excluding hydrogens is 344 g/mol. The molecule has 1 aromatic carbocycles. The van der Waals surface area contributed by atoms with Crippen LogP contribution in [-0.4, -0.2) is 54.9 Å². The first-order valence-corrected chi connectivity index (χ1v) is 9.22. The SMILES string of the molecule is O=C(NCc1ccncn1)c1cccc(S(=O)(=O)N2CCOCC2)c1. The van der Waals surface area contributed by atoms with Gasteiger partial charge in [0.15, 0.2) is 0 Å². The van der Waals surface area contributed by atoms with Crippen LogP contribution >= 0.6 is 0 Å². The molecule has 8 nitrogen and oxygen atoms in total. The van der Waals surface area contributed by atoms with E-state index in [0.717, 1.165) is 0 Å². The zero-order valence-electron chi connectivity index (χ0n) is 13.5. The monoisotopic (exact) mass is 362 g/mol. The Balaban J connectivity index is 1.73. The first-order valence-electron chi connectivity index (χ1n) is 7.78. The van der Waals surface area contributed by atoms with Crippen LogP contribution in [-0.2, 0) is 21.3 Å². The molecule has 132 valence electrons. The van der Waals surface area contributed by atoms with Gasteiger partial charge < -0.3 is 10.1 Å². The molecule has 3 rings (SSSR count). The van der Waals surface area contributed by atoms with Crippen molar-refractivity contribution in [1.29, 1.82) is 0 Å². The van der Waals surface area contributed by atoms with Gasteiger partial charge in [-0.05, 0) is 24.3 Å². The van der Waals surface area contributed by atoms with Crippen molar-refractivity contribution in [3.05, 3.63) is 54.1 Å². The van der Waals surface area contributed by atoms with Crippen LogP contribution in [0.25, 0.3) is 0 Å². The van der Waals surface area contributed by atoms with E-state index in [1.54, 1.807) is 24.4 Å². The lowest BCUT2D eigenvalue weighted by Crippen LogP contribution is -2.40. The summed E-state index contributed by atoms with van der Waals surface area (Å²) in [5.41, 5.74) is 0.948. The maximum Gasteiger partial charge on any atom is 0.251 e. The molecule has 1 N–H and O–H groups in total. The maximum atomic E-state index is 12.7. The van der Waals surface area contributed by atoms with Gasteiger partial charge in [-0.1, -0.05) is 6.07 Å². The van der Waals surface area contributed by atoms with E-state index in [2.05, 4.69) is 15.3 Å². The molecule has 0 aliphatic carbocycles. The van der Waals surface area contributed by atoms with E-state index in [1.807, 2.05) is 0 Å². The Morgan fingerprint density at radius 2 is 2.04 bits per heavy atom.